The van der Waals surface area contributed by atoms with Crippen LogP contribution < -0.4 is 10.1 Å². The molecule has 8 rings (SSSR count). The third kappa shape index (κ3) is 12.8. The summed E-state index contributed by atoms with van der Waals surface area (Å²) in [5.74, 6) is 0.0397. The van der Waals surface area contributed by atoms with E-state index in [1.54, 1.807) is 94.4 Å². The minimum Gasteiger partial charge on any atom is -0.508 e. The summed E-state index contributed by atoms with van der Waals surface area (Å²) in [5, 5.41) is 57.1. The zero-order valence-electron chi connectivity index (χ0n) is 40.3. The van der Waals surface area contributed by atoms with Crippen LogP contribution in [0.1, 0.15) is 22.3 Å². The van der Waals surface area contributed by atoms with Gasteiger partial charge in [-0.15, -0.1) is 10.2 Å². The van der Waals surface area contributed by atoms with E-state index in [1.807, 2.05) is 0 Å². The average molecular weight is 1120 g/mol. The first kappa shape index (κ1) is 54.8. The van der Waals surface area contributed by atoms with Gasteiger partial charge >= 0.3 is 0 Å². The second-order valence-electron chi connectivity index (χ2n) is 17.0. The van der Waals surface area contributed by atoms with Gasteiger partial charge in [-0.05, 0) is 182 Å². The Morgan fingerprint density at radius 2 is 0.922 bits per heavy atom. The summed E-state index contributed by atoms with van der Waals surface area (Å²) < 4.78 is 143. The third-order valence-electron chi connectivity index (χ3n) is 11.4. The molecule has 28 heteroatoms. The smallest absolute Gasteiger partial charge is 0.296 e. The van der Waals surface area contributed by atoms with Gasteiger partial charge in [0, 0.05) is 16.5 Å². The number of nitrogens with one attached hydrogen (secondary N) is 1. The van der Waals surface area contributed by atoms with Gasteiger partial charge in [0.05, 0.1) is 39.0 Å². The van der Waals surface area contributed by atoms with Crippen LogP contribution in [0.3, 0.4) is 0 Å². The van der Waals surface area contributed by atoms with E-state index < -0.39 is 88.0 Å². The zero-order valence-corrected chi connectivity index (χ0v) is 43.6. The summed E-state index contributed by atoms with van der Waals surface area (Å²) in [7, 11) is -20.2. The minimum atomic E-state index is -5.15. The fourth-order valence-electron chi connectivity index (χ4n) is 7.53. The van der Waals surface area contributed by atoms with Crippen LogP contribution in [0.25, 0.3) is 21.5 Å². The topological polar surface area (TPSA) is 378 Å². The SMILES string of the molecule is Cc1cc(N=Nc2cc(C)c(N=Nc3c(S(=O)(=O)O)cc4cc(NCOc5ccc(O)cc5)ccc4c3O)cc2C)ccc1N=Nc1ccc(N=Nc2cc3c(S(=O)(=O)O)cc(S(=O)(=O)O)cc3cc2S(=O)(=O)O)c(C)c1. The second kappa shape index (κ2) is 21.3. The standard InChI is InChI=1S/C49H41N9O15S4/c1-26-15-34(6-13-40(26)53-51-33-7-14-41(27(2)16-33)54-57-44-24-39-31(21-46(44)76(67,68)69)20-37(74(61,62)63)23-45(39)75(64,65)66)52-55-42-17-29(4)43(18-28(42)3)56-58-48-47(77(70,71)72)22-30-19-32(5-12-38(30)49(48)60)50-25-73-36-10-8-35(59)9-11-36/h5-24,50,59-60H,25H2,1-4H3,(H,61,62,63)(H,64,65,66)(H,67,68,69)(H,70,71,72). The summed E-state index contributed by atoms with van der Waals surface area (Å²) in [5.41, 5.74) is 4.12. The van der Waals surface area contributed by atoms with E-state index in [-0.39, 0.29) is 28.9 Å². The molecular formula is C49H41N9O15S4. The van der Waals surface area contributed by atoms with Gasteiger partial charge in [-0.2, -0.15) is 64.4 Å². The van der Waals surface area contributed by atoms with Crippen molar-refractivity contribution < 1.29 is 66.8 Å². The maximum Gasteiger partial charge on any atom is 0.296 e. The predicted octanol–water partition coefficient (Wildman–Crippen LogP) is 12.7. The molecule has 0 saturated heterocycles. The number of benzene rings is 8. The van der Waals surface area contributed by atoms with Crippen molar-refractivity contribution in [2.45, 2.75) is 47.3 Å². The molecule has 0 saturated carbocycles. The molecule has 77 heavy (non-hydrogen) atoms. The van der Waals surface area contributed by atoms with Crippen molar-refractivity contribution >= 4 is 113 Å². The highest BCUT2D eigenvalue weighted by Crippen LogP contribution is 2.43. The summed E-state index contributed by atoms with van der Waals surface area (Å²) in [6, 6.07) is 27.8. The average Bonchev–Trinajstić information content (AvgIpc) is 3.35. The molecule has 0 atom stereocenters. The number of azo groups is 4. The lowest BCUT2D eigenvalue weighted by Gasteiger charge is -2.12. The van der Waals surface area contributed by atoms with E-state index in [0.29, 0.717) is 74.3 Å². The molecule has 0 aromatic heterocycles. The quantitative estimate of drug-likeness (QED) is 0.0268. The maximum atomic E-state index is 12.6. The van der Waals surface area contributed by atoms with Crippen molar-refractivity contribution in [3.63, 3.8) is 0 Å². The van der Waals surface area contributed by atoms with E-state index in [4.69, 9.17) is 4.74 Å². The van der Waals surface area contributed by atoms with Gasteiger partial charge in [-0.25, -0.2) is 0 Å². The van der Waals surface area contributed by atoms with Crippen LogP contribution >= 0.6 is 0 Å². The lowest BCUT2D eigenvalue weighted by Crippen LogP contribution is -2.08. The Kier molecular flexibility index (Phi) is 15.1. The van der Waals surface area contributed by atoms with Crippen molar-refractivity contribution in [3.8, 4) is 17.2 Å². The highest BCUT2D eigenvalue weighted by atomic mass is 32.2. The monoisotopic (exact) mass is 1120 g/mol. The third-order valence-corrected chi connectivity index (χ3v) is 14.9. The van der Waals surface area contributed by atoms with E-state index >= 15 is 0 Å². The summed E-state index contributed by atoms with van der Waals surface area (Å²) in [4.78, 5) is -3.53. The van der Waals surface area contributed by atoms with E-state index in [2.05, 4.69) is 46.2 Å². The van der Waals surface area contributed by atoms with Gasteiger partial charge in [0.25, 0.3) is 40.5 Å². The first-order valence-corrected chi connectivity index (χ1v) is 27.8. The first-order valence-electron chi connectivity index (χ1n) is 22.1. The van der Waals surface area contributed by atoms with Crippen molar-refractivity contribution in [2.24, 2.45) is 40.9 Å². The molecule has 0 bridgehead atoms. The first-order chi connectivity index (χ1) is 36.1. The van der Waals surface area contributed by atoms with Gasteiger partial charge in [0.1, 0.15) is 37.6 Å². The fraction of sp³-hybridized carbons (Fsp3) is 0.102. The number of aryl methyl sites for hydroxylation is 4. The molecule has 396 valence electrons. The lowest BCUT2D eigenvalue weighted by molar-refractivity contribution is 0.346. The molecule has 8 aromatic rings. The molecule has 0 unspecified atom stereocenters. The van der Waals surface area contributed by atoms with Gasteiger partial charge < -0.3 is 20.3 Å². The second-order valence-corrected chi connectivity index (χ2v) is 22.6. The fourth-order valence-corrected chi connectivity index (χ4v) is 10.2. The molecule has 0 aliphatic heterocycles. The number of phenolic OH excluding ortho intramolecular Hbond substituents is 2. The van der Waals surface area contributed by atoms with Crippen molar-refractivity contribution in [3.05, 3.63) is 144 Å². The van der Waals surface area contributed by atoms with Crippen molar-refractivity contribution in [2.75, 3.05) is 12.0 Å². The van der Waals surface area contributed by atoms with Crippen LogP contribution in [0.2, 0.25) is 0 Å². The molecule has 0 heterocycles. The molecule has 0 amide bonds. The summed E-state index contributed by atoms with van der Waals surface area (Å²) >= 11 is 0. The van der Waals surface area contributed by atoms with Gasteiger partial charge in [0.15, 0.2) is 12.5 Å². The number of anilines is 1. The number of nitrogens with zero attached hydrogens (tertiary/aromatic N) is 8. The number of phenols is 2. The zero-order chi connectivity index (χ0) is 55.8. The number of fused-ring (bicyclic) bond motifs is 2. The highest BCUT2D eigenvalue weighted by Gasteiger charge is 2.26. The number of rotatable bonds is 16. The molecule has 0 fully saturated rings. The van der Waals surface area contributed by atoms with Gasteiger partial charge in [-0.1, -0.05) is 0 Å². The highest BCUT2D eigenvalue weighted by molar-refractivity contribution is 7.87. The van der Waals surface area contributed by atoms with Crippen LogP contribution in [-0.4, -0.2) is 68.8 Å². The Bertz CT molecular complexity index is 4330. The van der Waals surface area contributed by atoms with E-state index in [1.165, 1.54) is 30.3 Å². The Hall–Kier alpha value is -8.48. The number of hydrogen-bond donors (Lipinski definition) is 7. The number of hydrogen-bond acceptors (Lipinski definition) is 20. The largest absolute Gasteiger partial charge is 0.508 e. The Morgan fingerprint density at radius 3 is 1.47 bits per heavy atom. The molecule has 0 radical (unpaired) electrons. The number of ether oxygens (including phenoxy) is 1. The molecule has 8 aromatic carbocycles. The van der Waals surface area contributed by atoms with Crippen molar-refractivity contribution in [1.82, 2.24) is 0 Å². The van der Waals surface area contributed by atoms with Gasteiger partial charge in [-0.3, -0.25) is 18.2 Å². The minimum absolute atomic E-state index is 0.0183. The molecule has 7 N–H and O–H groups in total. The van der Waals surface area contributed by atoms with Crippen molar-refractivity contribution in [1.29, 1.82) is 0 Å². The maximum absolute atomic E-state index is 12.6. The molecule has 24 nitrogen and oxygen atoms in total. The van der Waals surface area contributed by atoms with Crippen LogP contribution in [0.5, 0.6) is 17.2 Å². The predicted molar refractivity (Wildman–Crippen MR) is 281 cm³/mol. The lowest BCUT2D eigenvalue weighted by atomic mass is 10.1. The van der Waals surface area contributed by atoms with Crippen LogP contribution in [0, 0.1) is 27.7 Å². The van der Waals surface area contributed by atoms with E-state index in [9.17, 15) is 62.1 Å². The normalized spacial score (nSPS) is 12.8. The summed E-state index contributed by atoms with van der Waals surface area (Å²) in [6.45, 7) is 6.90. The number of aromatic hydroxyl groups is 2. The Balaban J connectivity index is 0.957. The van der Waals surface area contributed by atoms with Crippen LogP contribution in [-0.2, 0) is 40.5 Å². The molecule has 0 spiro atoms. The summed E-state index contributed by atoms with van der Waals surface area (Å²) in [6.07, 6.45) is 0. The molecule has 0 aliphatic rings. The molecule has 0 aliphatic carbocycles. The van der Waals surface area contributed by atoms with E-state index in [0.717, 1.165) is 12.1 Å². The Morgan fingerprint density at radius 1 is 0.429 bits per heavy atom. The Labute approximate surface area is 438 Å². The van der Waals surface area contributed by atoms with Gasteiger partial charge in [0.2, 0.25) is 0 Å². The molecular weight excluding hydrogens is 1080 g/mol. The van der Waals surface area contributed by atoms with Crippen LogP contribution in [0.15, 0.2) is 182 Å². The van der Waals surface area contributed by atoms with Crippen LogP contribution in [0.4, 0.5) is 51.2 Å².